The first-order chi connectivity index (χ1) is 14.0. The molecule has 4 rings (SSSR count). The van der Waals surface area contributed by atoms with Crippen molar-refractivity contribution in [3.63, 3.8) is 0 Å². The van der Waals surface area contributed by atoms with Gasteiger partial charge >= 0.3 is 0 Å². The fraction of sp³-hybridized carbons (Fsp3) is 0.556. The van der Waals surface area contributed by atoms with Crippen LogP contribution in [-0.2, 0) is 0 Å². The molecule has 0 N–H and O–H groups in total. The monoisotopic (exact) mass is 396 g/mol. The average molecular weight is 397 g/mol. The van der Waals surface area contributed by atoms with Gasteiger partial charge in [-0.3, -0.25) is 0 Å². The summed E-state index contributed by atoms with van der Waals surface area (Å²) in [4.78, 5) is 0. The average Bonchev–Trinajstić information content (AvgIpc) is 2.72. The van der Waals surface area contributed by atoms with Crippen LogP contribution in [0, 0.1) is 36.3 Å². The summed E-state index contributed by atoms with van der Waals surface area (Å²) in [7, 11) is 0. The summed E-state index contributed by atoms with van der Waals surface area (Å²) in [6.07, 6.45) is 11.5. The highest BCUT2D eigenvalue weighted by molar-refractivity contribution is 5.65. The van der Waals surface area contributed by atoms with Crippen molar-refractivity contribution in [1.82, 2.24) is 0 Å². The van der Waals surface area contributed by atoms with Crippen molar-refractivity contribution in [3.05, 3.63) is 59.2 Å². The van der Waals surface area contributed by atoms with E-state index in [2.05, 4.69) is 6.92 Å². The van der Waals surface area contributed by atoms with Crippen molar-refractivity contribution in [2.24, 2.45) is 17.8 Å². The zero-order valence-electron chi connectivity index (χ0n) is 17.9. The van der Waals surface area contributed by atoms with E-state index < -0.39 is 11.6 Å². The van der Waals surface area contributed by atoms with Crippen LogP contribution in [0.3, 0.4) is 0 Å². The van der Waals surface area contributed by atoms with Gasteiger partial charge in [0.25, 0.3) is 0 Å². The summed E-state index contributed by atoms with van der Waals surface area (Å²) >= 11 is 0. The highest BCUT2D eigenvalue weighted by Crippen LogP contribution is 2.48. The van der Waals surface area contributed by atoms with E-state index in [4.69, 9.17) is 0 Å². The van der Waals surface area contributed by atoms with Crippen molar-refractivity contribution in [2.45, 2.75) is 77.6 Å². The smallest absolute Gasteiger partial charge is 0.134 e. The van der Waals surface area contributed by atoms with Crippen molar-refractivity contribution < 1.29 is 8.78 Å². The van der Waals surface area contributed by atoms with Gasteiger partial charge in [0, 0.05) is 0 Å². The number of fused-ring (bicyclic) bond motifs is 1. The van der Waals surface area contributed by atoms with Gasteiger partial charge in [0.05, 0.1) is 5.56 Å². The summed E-state index contributed by atoms with van der Waals surface area (Å²) in [6, 6.07) is 10.6. The molecule has 0 amide bonds. The molecule has 2 saturated carbocycles. The molecule has 0 bridgehead atoms. The number of rotatable bonds is 5. The topological polar surface area (TPSA) is 0 Å². The van der Waals surface area contributed by atoms with E-state index in [1.165, 1.54) is 44.9 Å². The lowest BCUT2D eigenvalue weighted by Gasteiger charge is -2.42. The quantitative estimate of drug-likeness (QED) is 0.476. The molecule has 0 radical (unpaired) electrons. The number of unbranched alkanes of at least 4 members (excludes halogenated alkanes) is 1. The molecular formula is C27H34F2. The molecule has 0 aromatic heterocycles. The molecule has 0 saturated heterocycles. The van der Waals surface area contributed by atoms with Crippen LogP contribution in [0.1, 0.15) is 81.8 Å². The molecule has 4 atom stereocenters. The van der Waals surface area contributed by atoms with E-state index >= 15 is 0 Å². The maximum absolute atomic E-state index is 14.9. The van der Waals surface area contributed by atoms with Crippen LogP contribution in [0.25, 0.3) is 11.1 Å². The predicted octanol–water partition coefficient (Wildman–Crippen LogP) is 8.43. The Bertz CT molecular complexity index is 800. The Morgan fingerprint density at radius 2 is 1.52 bits per heavy atom. The first kappa shape index (κ1) is 20.6. The molecule has 0 heterocycles. The summed E-state index contributed by atoms with van der Waals surface area (Å²) in [6.45, 7) is 4.26. The van der Waals surface area contributed by atoms with Crippen molar-refractivity contribution in [3.8, 4) is 11.1 Å². The number of hydrogen-bond donors (Lipinski definition) is 0. The molecule has 0 aliphatic heterocycles. The minimum absolute atomic E-state index is 0.110. The molecule has 0 spiro atoms. The number of aryl methyl sites for hydroxylation is 1. The maximum Gasteiger partial charge on any atom is 0.134 e. The largest absolute Gasteiger partial charge is 0.206 e. The number of hydrogen-bond acceptors (Lipinski definition) is 0. The van der Waals surface area contributed by atoms with Crippen LogP contribution >= 0.6 is 0 Å². The van der Waals surface area contributed by atoms with Gasteiger partial charge < -0.3 is 0 Å². The fourth-order valence-electron chi connectivity index (χ4n) is 5.87. The Hall–Kier alpha value is -1.70. The van der Waals surface area contributed by atoms with Crippen LogP contribution in [-0.4, -0.2) is 0 Å². The first-order valence-electron chi connectivity index (χ1n) is 11.6. The molecule has 2 aliphatic carbocycles. The van der Waals surface area contributed by atoms with E-state index in [0.29, 0.717) is 11.5 Å². The van der Waals surface area contributed by atoms with Crippen molar-refractivity contribution >= 4 is 0 Å². The van der Waals surface area contributed by atoms with E-state index in [9.17, 15) is 8.78 Å². The Morgan fingerprint density at radius 3 is 2.21 bits per heavy atom. The van der Waals surface area contributed by atoms with Gasteiger partial charge in [-0.2, -0.15) is 0 Å². The second-order valence-electron chi connectivity index (χ2n) is 9.58. The SMILES string of the molecule is CCCCC1CC[C@@H]2C[C@H](c3cc(F)c(-c4ccc(C)cc4)c(F)c3)CC[C@@H]2C1. The van der Waals surface area contributed by atoms with Crippen molar-refractivity contribution in [1.29, 1.82) is 0 Å². The van der Waals surface area contributed by atoms with Crippen LogP contribution in [0.5, 0.6) is 0 Å². The van der Waals surface area contributed by atoms with Crippen LogP contribution in [0.4, 0.5) is 8.78 Å². The second-order valence-corrected chi connectivity index (χ2v) is 9.58. The summed E-state index contributed by atoms with van der Waals surface area (Å²) in [5.74, 6) is 1.96. The molecule has 2 fully saturated rings. The molecule has 2 aromatic carbocycles. The Morgan fingerprint density at radius 1 is 0.862 bits per heavy atom. The highest BCUT2D eigenvalue weighted by atomic mass is 19.1. The molecular weight excluding hydrogens is 362 g/mol. The standard InChI is InChI=1S/C27H34F2/c1-3-4-5-19-8-11-22-15-23(13-12-21(22)14-19)24-16-25(28)27(26(29)17-24)20-9-6-18(2)7-10-20/h6-7,9-10,16-17,19,21-23H,3-5,8,11-15H2,1-2H3/t19?,21-,22-,23-/m1/s1. The van der Waals surface area contributed by atoms with Gasteiger partial charge in [-0.05, 0) is 86.0 Å². The molecule has 1 unspecified atom stereocenters. The Balaban J connectivity index is 1.47. The van der Waals surface area contributed by atoms with Crippen LogP contribution < -0.4 is 0 Å². The van der Waals surface area contributed by atoms with Gasteiger partial charge in [0.1, 0.15) is 11.6 Å². The minimum atomic E-state index is -0.422. The van der Waals surface area contributed by atoms with E-state index in [0.717, 1.165) is 41.7 Å². The van der Waals surface area contributed by atoms with E-state index in [-0.39, 0.29) is 5.56 Å². The molecule has 156 valence electrons. The van der Waals surface area contributed by atoms with E-state index in [1.807, 2.05) is 19.1 Å². The zero-order chi connectivity index (χ0) is 20.4. The third-order valence-corrected chi connectivity index (χ3v) is 7.56. The molecule has 2 aromatic rings. The van der Waals surface area contributed by atoms with E-state index in [1.54, 1.807) is 24.3 Å². The normalized spacial score (nSPS) is 26.9. The predicted molar refractivity (Wildman–Crippen MR) is 117 cm³/mol. The first-order valence-corrected chi connectivity index (χ1v) is 11.6. The van der Waals surface area contributed by atoms with Gasteiger partial charge in [0.15, 0.2) is 0 Å². The summed E-state index contributed by atoms with van der Waals surface area (Å²) in [5, 5.41) is 0. The van der Waals surface area contributed by atoms with Gasteiger partial charge in [-0.15, -0.1) is 0 Å². The van der Waals surface area contributed by atoms with Crippen LogP contribution in [0.15, 0.2) is 36.4 Å². The van der Waals surface area contributed by atoms with Crippen molar-refractivity contribution in [2.75, 3.05) is 0 Å². The molecule has 2 aliphatic rings. The van der Waals surface area contributed by atoms with Crippen LogP contribution in [0.2, 0.25) is 0 Å². The summed E-state index contributed by atoms with van der Waals surface area (Å²) < 4.78 is 29.8. The lowest BCUT2D eigenvalue weighted by molar-refractivity contribution is 0.113. The third kappa shape index (κ3) is 4.57. The maximum atomic E-state index is 14.9. The zero-order valence-corrected chi connectivity index (χ0v) is 17.9. The Kier molecular flexibility index (Phi) is 6.37. The van der Waals surface area contributed by atoms with Gasteiger partial charge in [-0.1, -0.05) is 62.4 Å². The fourth-order valence-corrected chi connectivity index (χ4v) is 5.87. The lowest BCUT2D eigenvalue weighted by Crippen LogP contribution is -2.30. The molecule has 2 heteroatoms. The lowest BCUT2D eigenvalue weighted by atomic mass is 9.63. The third-order valence-electron chi connectivity index (χ3n) is 7.56. The molecule has 29 heavy (non-hydrogen) atoms. The number of benzene rings is 2. The minimum Gasteiger partial charge on any atom is -0.206 e. The highest BCUT2D eigenvalue weighted by Gasteiger charge is 2.36. The summed E-state index contributed by atoms with van der Waals surface area (Å²) in [5.41, 5.74) is 2.68. The Labute approximate surface area is 174 Å². The number of halogens is 2. The molecule has 0 nitrogen and oxygen atoms in total. The van der Waals surface area contributed by atoms with Gasteiger partial charge in [-0.25, -0.2) is 8.78 Å². The second kappa shape index (κ2) is 8.98. The van der Waals surface area contributed by atoms with Gasteiger partial charge in [0.2, 0.25) is 0 Å².